The highest BCUT2D eigenvalue weighted by Gasteiger charge is 2.26. The number of ether oxygens (including phenoxy) is 1. The number of hydrogen-bond acceptors (Lipinski definition) is 9. The number of carbonyl (C=O) groups excluding carboxylic acids is 1. The Kier molecular flexibility index (Phi) is 6.88. The van der Waals surface area contributed by atoms with Gasteiger partial charge >= 0.3 is 0 Å². The van der Waals surface area contributed by atoms with Crippen molar-refractivity contribution in [1.29, 1.82) is 0 Å². The van der Waals surface area contributed by atoms with Gasteiger partial charge in [0.1, 0.15) is 29.2 Å². The minimum Gasteiger partial charge on any atom is -0.457 e. The molecule has 4 aromatic rings. The minimum absolute atomic E-state index is 0.0763. The van der Waals surface area contributed by atoms with Crippen LogP contribution in [0.3, 0.4) is 0 Å². The lowest BCUT2D eigenvalue weighted by Crippen LogP contribution is -2.44. The third kappa shape index (κ3) is 5.30. The molecule has 200 valence electrons. The molecule has 0 saturated carbocycles. The molecule has 6 rings (SSSR count). The second kappa shape index (κ2) is 10.6. The zero-order valence-corrected chi connectivity index (χ0v) is 21.6. The number of carbonyl (C=O) groups is 1. The van der Waals surface area contributed by atoms with Gasteiger partial charge in [-0.25, -0.2) is 9.97 Å². The minimum atomic E-state index is -0.710. The molecule has 0 bridgehead atoms. The first-order valence-electron chi connectivity index (χ1n) is 12.6. The van der Waals surface area contributed by atoms with Crippen molar-refractivity contribution in [2.24, 2.45) is 5.73 Å². The van der Waals surface area contributed by atoms with Crippen molar-refractivity contribution in [2.45, 2.75) is 24.7 Å². The largest absolute Gasteiger partial charge is 0.457 e. The van der Waals surface area contributed by atoms with Gasteiger partial charge in [-0.2, -0.15) is 5.10 Å². The van der Waals surface area contributed by atoms with Crippen molar-refractivity contribution in [3.8, 4) is 34.1 Å². The summed E-state index contributed by atoms with van der Waals surface area (Å²) in [6, 6.07) is 16.2. The van der Waals surface area contributed by atoms with E-state index in [0.29, 0.717) is 46.7 Å². The monoisotopic (exact) mass is 546 g/mol. The van der Waals surface area contributed by atoms with Gasteiger partial charge in [-0.1, -0.05) is 11.6 Å². The lowest BCUT2D eigenvalue weighted by atomic mass is 10.1. The number of rotatable bonds is 8. The highest BCUT2D eigenvalue weighted by Crippen LogP contribution is 2.37. The summed E-state index contributed by atoms with van der Waals surface area (Å²) in [4.78, 5) is 20.8. The van der Waals surface area contributed by atoms with E-state index in [9.17, 15) is 9.90 Å². The Bertz CT molecular complexity index is 1510. The van der Waals surface area contributed by atoms with Crippen LogP contribution in [0, 0.1) is 0 Å². The molecule has 11 nitrogen and oxygen atoms in total. The number of nitrogens with zero attached hydrogens (tertiary/aromatic N) is 4. The number of halogens is 1. The van der Waals surface area contributed by atoms with Crippen molar-refractivity contribution in [1.82, 2.24) is 30.4 Å². The van der Waals surface area contributed by atoms with Crippen molar-refractivity contribution >= 4 is 23.3 Å². The normalized spacial score (nSPS) is 19.0. The van der Waals surface area contributed by atoms with Crippen LogP contribution in [0.5, 0.6) is 11.5 Å². The smallest absolute Gasteiger partial charge is 0.267 e. The van der Waals surface area contributed by atoms with Crippen LogP contribution in [0.25, 0.3) is 22.6 Å². The number of amides is 1. The number of aliphatic hydroxyl groups excluding tert-OH is 1. The van der Waals surface area contributed by atoms with Crippen LogP contribution in [0.1, 0.15) is 23.0 Å². The standard InChI is InChI=1S/C27H27ClN8O3/c28-16-3-6-23(19(11-16)22-8-10-32-36(22)17-13-30-14-17)39-18-4-1-15(2-5-18)26-34-21(25(29)37)12-24(35-26)33-20-7-9-31-27(20)38/h1-6,8,10-12,17,20,27,30-31,38H,7,9,13-14H2,(H2,29,37)(H,33,34,35)/t20-,27?/m0/s1. The SMILES string of the molecule is NC(=O)c1cc(N[C@H]2CCNC2O)nc(-c2ccc(Oc3ccc(Cl)cc3-c3ccnn3C3CNC3)cc2)n1. The van der Waals surface area contributed by atoms with Crippen molar-refractivity contribution in [2.75, 3.05) is 25.0 Å². The van der Waals surface area contributed by atoms with Crippen LogP contribution in [0.4, 0.5) is 5.82 Å². The zero-order valence-electron chi connectivity index (χ0n) is 20.8. The Morgan fingerprint density at radius 3 is 2.64 bits per heavy atom. The molecule has 4 heterocycles. The number of benzene rings is 2. The van der Waals surface area contributed by atoms with Crippen LogP contribution in [0.2, 0.25) is 5.02 Å². The molecule has 2 atom stereocenters. The molecular weight excluding hydrogens is 520 g/mol. The highest BCUT2D eigenvalue weighted by molar-refractivity contribution is 6.31. The number of aromatic nitrogens is 4. The average Bonchev–Trinajstić information content (AvgIpc) is 3.53. The van der Waals surface area contributed by atoms with Crippen LogP contribution in [0.15, 0.2) is 60.8 Å². The summed E-state index contributed by atoms with van der Waals surface area (Å²) in [6.07, 6.45) is 1.78. The number of nitrogens with two attached hydrogens (primary N) is 1. The summed E-state index contributed by atoms with van der Waals surface area (Å²) in [6.45, 7) is 2.40. The number of primary amides is 1. The molecule has 0 radical (unpaired) electrons. The molecule has 1 unspecified atom stereocenters. The molecule has 2 saturated heterocycles. The van der Waals surface area contributed by atoms with E-state index in [1.807, 2.05) is 35.0 Å². The number of aliphatic hydroxyl groups is 1. The fraction of sp³-hybridized carbons (Fsp3) is 0.259. The van der Waals surface area contributed by atoms with E-state index in [2.05, 4.69) is 31.0 Å². The van der Waals surface area contributed by atoms with Gasteiger partial charge in [-0.05, 0) is 61.5 Å². The Hall–Kier alpha value is -4.03. The molecule has 12 heteroatoms. The topological polar surface area (TPSA) is 152 Å². The summed E-state index contributed by atoms with van der Waals surface area (Å²) in [5.41, 5.74) is 8.04. The predicted molar refractivity (Wildman–Crippen MR) is 147 cm³/mol. The lowest BCUT2D eigenvalue weighted by Gasteiger charge is -2.29. The van der Waals surface area contributed by atoms with Gasteiger partial charge in [0.15, 0.2) is 5.82 Å². The summed E-state index contributed by atoms with van der Waals surface area (Å²) in [5.74, 6) is 1.31. The molecule has 0 aliphatic carbocycles. The van der Waals surface area contributed by atoms with Crippen molar-refractivity contribution in [3.63, 3.8) is 0 Å². The number of hydrogen-bond donors (Lipinski definition) is 5. The highest BCUT2D eigenvalue weighted by atomic mass is 35.5. The first kappa shape index (κ1) is 25.3. The van der Waals surface area contributed by atoms with Crippen LogP contribution < -0.4 is 26.4 Å². The van der Waals surface area contributed by atoms with Gasteiger partial charge in [-0.15, -0.1) is 0 Å². The van der Waals surface area contributed by atoms with E-state index in [-0.39, 0.29) is 17.8 Å². The van der Waals surface area contributed by atoms with E-state index in [1.165, 1.54) is 6.07 Å². The van der Waals surface area contributed by atoms with Gasteiger partial charge in [0, 0.05) is 41.5 Å². The van der Waals surface area contributed by atoms with E-state index in [1.54, 1.807) is 24.4 Å². The molecular formula is C27H27ClN8O3. The maximum Gasteiger partial charge on any atom is 0.267 e. The fourth-order valence-corrected chi connectivity index (χ4v) is 4.83. The van der Waals surface area contributed by atoms with Crippen molar-refractivity contribution in [3.05, 3.63) is 71.5 Å². The fourth-order valence-electron chi connectivity index (χ4n) is 4.66. The van der Waals surface area contributed by atoms with Crippen LogP contribution in [-0.2, 0) is 0 Å². The van der Waals surface area contributed by atoms with E-state index < -0.39 is 12.1 Å². The molecule has 2 fully saturated rings. The first-order chi connectivity index (χ1) is 18.9. The van der Waals surface area contributed by atoms with Gasteiger partial charge in [-0.3, -0.25) is 14.8 Å². The van der Waals surface area contributed by atoms with Crippen LogP contribution >= 0.6 is 11.6 Å². The Morgan fingerprint density at radius 2 is 1.95 bits per heavy atom. The van der Waals surface area contributed by atoms with Gasteiger partial charge < -0.3 is 26.2 Å². The lowest BCUT2D eigenvalue weighted by molar-refractivity contribution is 0.0995. The molecule has 6 N–H and O–H groups in total. The molecule has 0 spiro atoms. The Labute approximate surface area is 229 Å². The van der Waals surface area contributed by atoms with E-state index in [4.69, 9.17) is 22.1 Å². The maximum absolute atomic E-state index is 11.9. The predicted octanol–water partition coefficient (Wildman–Crippen LogP) is 2.79. The van der Waals surface area contributed by atoms with E-state index in [0.717, 1.165) is 24.3 Å². The summed E-state index contributed by atoms with van der Waals surface area (Å²) in [5, 5.41) is 24.6. The second-order valence-electron chi connectivity index (χ2n) is 9.50. The van der Waals surface area contributed by atoms with Gasteiger partial charge in [0.25, 0.3) is 5.91 Å². The third-order valence-electron chi connectivity index (χ3n) is 6.84. The Morgan fingerprint density at radius 1 is 1.13 bits per heavy atom. The number of nitrogens with one attached hydrogen (secondary N) is 3. The Balaban J connectivity index is 1.26. The molecule has 2 aliphatic heterocycles. The molecule has 2 aromatic carbocycles. The third-order valence-corrected chi connectivity index (χ3v) is 7.07. The number of anilines is 1. The molecule has 2 aromatic heterocycles. The van der Waals surface area contributed by atoms with Crippen molar-refractivity contribution < 1.29 is 14.6 Å². The summed E-state index contributed by atoms with van der Waals surface area (Å²) < 4.78 is 8.27. The van der Waals surface area contributed by atoms with Gasteiger partial charge in [0.2, 0.25) is 0 Å². The molecule has 39 heavy (non-hydrogen) atoms. The molecule has 1 amide bonds. The first-order valence-corrected chi connectivity index (χ1v) is 13.0. The van der Waals surface area contributed by atoms with Crippen LogP contribution in [-0.4, -0.2) is 62.7 Å². The quantitative estimate of drug-likeness (QED) is 0.224. The maximum atomic E-state index is 11.9. The second-order valence-corrected chi connectivity index (χ2v) is 9.94. The average molecular weight is 547 g/mol. The summed E-state index contributed by atoms with van der Waals surface area (Å²) in [7, 11) is 0. The summed E-state index contributed by atoms with van der Waals surface area (Å²) >= 11 is 6.35. The molecule has 2 aliphatic rings. The van der Waals surface area contributed by atoms with E-state index >= 15 is 0 Å². The zero-order chi connectivity index (χ0) is 26.9. The van der Waals surface area contributed by atoms with Gasteiger partial charge in [0.05, 0.1) is 17.8 Å².